The van der Waals surface area contributed by atoms with Gasteiger partial charge in [0.2, 0.25) is 11.8 Å². The van der Waals surface area contributed by atoms with Gasteiger partial charge in [0.15, 0.2) is 0 Å². The lowest BCUT2D eigenvalue weighted by Gasteiger charge is -2.30. The zero-order chi connectivity index (χ0) is 13.0. The Morgan fingerprint density at radius 3 is 2.65 bits per heavy atom. The number of carbonyl (C=O) groups is 2. The Bertz CT molecular complexity index is 291. The van der Waals surface area contributed by atoms with Gasteiger partial charge in [-0.3, -0.25) is 9.59 Å². The van der Waals surface area contributed by atoms with Crippen molar-refractivity contribution in [3.63, 3.8) is 0 Å². The van der Waals surface area contributed by atoms with Crippen LogP contribution >= 0.6 is 0 Å². The maximum atomic E-state index is 11.9. The van der Waals surface area contributed by atoms with E-state index in [4.69, 9.17) is 5.73 Å². The van der Waals surface area contributed by atoms with Crippen LogP contribution in [-0.2, 0) is 9.59 Å². The second kappa shape index (κ2) is 6.00. The Labute approximate surface area is 103 Å². The topological polar surface area (TPSA) is 66.6 Å². The molecule has 2 atom stereocenters. The molecule has 1 aliphatic heterocycles. The van der Waals surface area contributed by atoms with Gasteiger partial charge in [-0.15, -0.1) is 0 Å². The van der Waals surface area contributed by atoms with Crippen LogP contribution in [0.5, 0.6) is 0 Å². The first-order chi connectivity index (χ1) is 7.97. The molecule has 0 unspecified atom stereocenters. The number of amides is 2. The quantitative estimate of drug-likeness (QED) is 0.764. The van der Waals surface area contributed by atoms with Gasteiger partial charge in [-0.2, -0.15) is 0 Å². The third kappa shape index (κ3) is 3.43. The molecule has 0 aromatic carbocycles. The molecule has 1 heterocycles. The third-order valence-corrected chi connectivity index (χ3v) is 3.31. The average molecular weight is 241 g/mol. The molecule has 17 heavy (non-hydrogen) atoms. The Morgan fingerprint density at radius 1 is 1.53 bits per heavy atom. The van der Waals surface area contributed by atoms with E-state index in [0.29, 0.717) is 13.1 Å². The molecule has 0 spiro atoms. The van der Waals surface area contributed by atoms with Crippen LogP contribution in [-0.4, -0.2) is 53.3 Å². The molecule has 0 saturated carbocycles. The van der Waals surface area contributed by atoms with Crippen LogP contribution in [0.25, 0.3) is 0 Å². The predicted octanol–water partition coefficient (Wildman–Crippen LogP) is 0.193. The second-order valence-electron chi connectivity index (χ2n) is 4.67. The van der Waals surface area contributed by atoms with Gasteiger partial charge >= 0.3 is 0 Å². The molecule has 0 aromatic heterocycles. The molecule has 2 amide bonds. The van der Waals surface area contributed by atoms with E-state index < -0.39 is 6.04 Å². The first kappa shape index (κ1) is 14.0. The third-order valence-electron chi connectivity index (χ3n) is 3.31. The number of nitrogens with two attached hydrogens (primary N) is 1. The van der Waals surface area contributed by atoms with Crippen molar-refractivity contribution in [1.82, 2.24) is 9.80 Å². The fraction of sp³-hybridized carbons (Fsp3) is 0.833. The summed E-state index contributed by atoms with van der Waals surface area (Å²) in [6.45, 7) is 7.31. The molecule has 1 fully saturated rings. The molecule has 98 valence electrons. The van der Waals surface area contributed by atoms with Crippen LogP contribution in [0.3, 0.4) is 0 Å². The van der Waals surface area contributed by atoms with Gasteiger partial charge in [-0.05, 0) is 26.7 Å². The summed E-state index contributed by atoms with van der Waals surface area (Å²) in [4.78, 5) is 26.9. The van der Waals surface area contributed by atoms with Crippen LogP contribution in [0, 0.1) is 0 Å². The maximum absolute atomic E-state index is 11.9. The number of likely N-dealkylation sites (N-methyl/N-ethyl adjacent to an activating group) is 1. The van der Waals surface area contributed by atoms with Gasteiger partial charge in [-0.25, -0.2) is 0 Å². The molecule has 5 heteroatoms. The monoisotopic (exact) mass is 241 g/mol. The van der Waals surface area contributed by atoms with Gasteiger partial charge in [-0.1, -0.05) is 0 Å². The molecule has 2 N–H and O–H groups in total. The Hall–Kier alpha value is -1.10. The molecule has 1 aliphatic rings. The zero-order valence-corrected chi connectivity index (χ0v) is 11.0. The van der Waals surface area contributed by atoms with E-state index in [1.807, 2.05) is 11.8 Å². The highest BCUT2D eigenvalue weighted by Gasteiger charge is 2.31. The fourth-order valence-electron chi connectivity index (χ4n) is 2.31. The highest BCUT2D eigenvalue weighted by atomic mass is 16.2. The largest absolute Gasteiger partial charge is 0.341 e. The molecule has 0 aliphatic carbocycles. The van der Waals surface area contributed by atoms with Gasteiger partial charge in [0.25, 0.3) is 0 Å². The molecule has 1 saturated heterocycles. The van der Waals surface area contributed by atoms with E-state index >= 15 is 0 Å². The fourth-order valence-corrected chi connectivity index (χ4v) is 2.31. The number of likely N-dealkylation sites (tertiary alicyclic amines) is 1. The van der Waals surface area contributed by atoms with Crippen molar-refractivity contribution in [2.45, 2.75) is 45.7 Å². The van der Waals surface area contributed by atoms with Crippen molar-refractivity contribution < 1.29 is 9.59 Å². The second-order valence-corrected chi connectivity index (χ2v) is 4.67. The summed E-state index contributed by atoms with van der Waals surface area (Å²) in [6.07, 6.45) is 1.96. The van der Waals surface area contributed by atoms with E-state index in [9.17, 15) is 9.59 Å². The highest BCUT2D eigenvalue weighted by Crippen LogP contribution is 2.19. The van der Waals surface area contributed by atoms with Gasteiger partial charge < -0.3 is 15.5 Å². The summed E-state index contributed by atoms with van der Waals surface area (Å²) in [5, 5.41) is 0. The van der Waals surface area contributed by atoms with Crippen LogP contribution in [0.1, 0.15) is 33.6 Å². The lowest BCUT2D eigenvalue weighted by molar-refractivity contribution is -0.136. The lowest BCUT2D eigenvalue weighted by atomic mass is 10.2. The first-order valence-electron chi connectivity index (χ1n) is 6.29. The highest BCUT2D eigenvalue weighted by molar-refractivity contribution is 5.82. The van der Waals surface area contributed by atoms with E-state index in [-0.39, 0.29) is 17.9 Å². The van der Waals surface area contributed by atoms with Crippen LogP contribution in [0.2, 0.25) is 0 Å². The maximum Gasteiger partial charge on any atom is 0.239 e. The molecule has 0 bridgehead atoms. The van der Waals surface area contributed by atoms with Crippen molar-refractivity contribution in [3.05, 3.63) is 0 Å². The molecule has 0 aromatic rings. The van der Waals surface area contributed by atoms with Crippen LogP contribution in [0.15, 0.2) is 0 Å². The summed E-state index contributed by atoms with van der Waals surface area (Å²) in [5.41, 5.74) is 5.63. The minimum absolute atomic E-state index is 0.00731. The average Bonchev–Trinajstić information content (AvgIpc) is 2.71. The summed E-state index contributed by atoms with van der Waals surface area (Å²) in [6, 6.07) is -0.319. The van der Waals surface area contributed by atoms with Crippen molar-refractivity contribution in [2.75, 3.05) is 19.6 Å². The van der Waals surface area contributed by atoms with Gasteiger partial charge in [0.05, 0.1) is 6.04 Å². The summed E-state index contributed by atoms with van der Waals surface area (Å²) < 4.78 is 0. The number of carbonyl (C=O) groups excluding carboxylic acids is 2. The number of rotatable bonds is 4. The minimum Gasteiger partial charge on any atom is -0.341 e. The standard InChI is InChI=1S/C12H23N3O2/c1-4-14(10(3)16)8-11-6-5-7-15(11)12(17)9(2)13/h9,11H,4-8,13H2,1-3H3/t9-,11-/m0/s1. The Morgan fingerprint density at radius 2 is 2.18 bits per heavy atom. The minimum atomic E-state index is -0.456. The zero-order valence-electron chi connectivity index (χ0n) is 11.0. The normalized spacial score (nSPS) is 21.4. The van der Waals surface area contributed by atoms with Gasteiger partial charge in [0, 0.05) is 32.6 Å². The van der Waals surface area contributed by atoms with E-state index in [1.54, 1.807) is 18.7 Å². The molecular weight excluding hydrogens is 218 g/mol. The van der Waals surface area contributed by atoms with Crippen molar-refractivity contribution >= 4 is 11.8 Å². The van der Waals surface area contributed by atoms with Gasteiger partial charge in [0.1, 0.15) is 0 Å². The van der Waals surface area contributed by atoms with Crippen molar-refractivity contribution in [2.24, 2.45) is 5.73 Å². The molecule has 0 radical (unpaired) electrons. The van der Waals surface area contributed by atoms with Crippen LogP contribution in [0.4, 0.5) is 0 Å². The lowest BCUT2D eigenvalue weighted by Crippen LogP contribution is -2.49. The number of hydrogen-bond acceptors (Lipinski definition) is 3. The van der Waals surface area contributed by atoms with Crippen molar-refractivity contribution in [3.8, 4) is 0 Å². The Kier molecular flexibility index (Phi) is 4.93. The number of nitrogens with zero attached hydrogens (tertiary/aromatic N) is 2. The number of hydrogen-bond donors (Lipinski definition) is 1. The van der Waals surface area contributed by atoms with Crippen molar-refractivity contribution in [1.29, 1.82) is 0 Å². The molecule has 5 nitrogen and oxygen atoms in total. The summed E-state index contributed by atoms with van der Waals surface area (Å²) in [5.74, 6) is 0.0553. The first-order valence-corrected chi connectivity index (χ1v) is 6.29. The summed E-state index contributed by atoms with van der Waals surface area (Å²) in [7, 11) is 0. The predicted molar refractivity (Wildman–Crippen MR) is 66.3 cm³/mol. The van der Waals surface area contributed by atoms with E-state index in [0.717, 1.165) is 19.4 Å². The van der Waals surface area contributed by atoms with E-state index in [2.05, 4.69) is 0 Å². The molecule has 1 rings (SSSR count). The van der Waals surface area contributed by atoms with E-state index in [1.165, 1.54) is 0 Å². The molecular formula is C12H23N3O2. The Balaban J connectivity index is 2.63. The summed E-state index contributed by atoms with van der Waals surface area (Å²) >= 11 is 0. The SMILES string of the molecule is CCN(C[C@@H]1CCCN1C(=O)[C@H](C)N)C(C)=O. The smallest absolute Gasteiger partial charge is 0.239 e. The van der Waals surface area contributed by atoms with Crippen LogP contribution < -0.4 is 5.73 Å².